The molecule has 0 amide bonds. The number of nitrogens with zero attached hydrogens (tertiary/aromatic N) is 1. The van der Waals surface area contributed by atoms with E-state index in [0.717, 1.165) is 16.8 Å². The third-order valence-electron chi connectivity index (χ3n) is 3.37. The number of aromatic amines is 1. The smallest absolute Gasteiger partial charge is 0.267 e. The number of nitrogens with one attached hydrogen (secondary N) is 1. The zero-order chi connectivity index (χ0) is 15.7. The van der Waals surface area contributed by atoms with E-state index >= 15 is 0 Å². The SMILES string of the molecule is C/C=C\Cc1csc2[nH]c(=S)n(-c3ccc(Cl)cc3)c(=O)c12. The molecule has 0 aliphatic rings. The molecule has 3 rings (SSSR count). The first-order chi connectivity index (χ1) is 10.6. The number of rotatable bonds is 3. The minimum absolute atomic E-state index is 0.0955. The largest absolute Gasteiger partial charge is 0.323 e. The summed E-state index contributed by atoms with van der Waals surface area (Å²) in [5.41, 5.74) is 1.62. The molecule has 0 saturated heterocycles. The van der Waals surface area contributed by atoms with Crippen LogP contribution in [0.2, 0.25) is 5.02 Å². The highest BCUT2D eigenvalue weighted by molar-refractivity contribution is 7.71. The van der Waals surface area contributed by atoms with E-state index in [1.165, 1.54) is 15.9 Å². The van der Waals surface area contributed by atoms with E-state index in [2.05, 4.69) is 4.98 Å². The zero-order valence-corrected chi connectivity index (χ0v) is 14.2. The molecule has 0 radical (unpaired) electrons. The van der Waals surface area contributed by atoms with Gasteiger partial charge in [-0.1, -0.05) is 23.8 Å². The summed E-state index contributed by atoms with van der Waals surface area (Å²) < 4.78 is 1.90. The van der Waals surface area contributed by atoms with Crippen LogP contribution in [0.25, 0.3) is 15.9 Å². The number of aromatic nitrogens is 2. The maximum atomic E-state index is 12.9. The highest BCUT2D eigenvalue weighted by atomic mass is 35.5. The van der Waals surface area contributed by atoms with Crippen LogP contribution in [-0.2, 0) is 6.42 Å². The van der Waals surface area contributed by atoms with Crippen molar-refractivity contribution in [2.24, 2.45) is 0 Å². The number of benzene rings is 1. The Hall–Kier alpha value is -1.69. The van der Waals surface area contributed by atoms with E-state index in [1.54, 1.807) is 24.3 Å². The lowest BCUT2D eigenvalue weighted by Crippen LogP contribution is -2.20. The molecule has 3 nitrogen and oxygen atoms in total. The molecular weight excluding hydrogens is 336 g/mol. The molecule has 2 heterocycles. The van der Waals surface area contributed by atoms with Crippen molar-refractivity contribution in [2.75, 3.05) is 0 Å². The maximum absolute atomic E-state index is 12.9. The third-order valence-corrected chi connectivity index (χ3v) is 4.85. The highest BCUT2D eigenvalue weighted by Gasteiger charge is 2.12. The number of thiophene rings is 1. The van der Waals surface area contributed by atoms with Crippen molar-refractivity contribution >= 4 is 45.4 Å². The predicted molar refractivity (Wildman–Crippen MR) is 96.1 cm³/mol. The molecule has 0 atom stereocenters. The van der Waals surface area contributed by atoms with Crippen LogP contribution < -0.4 is 5.56 Å². The van der Waals surface area contributed by atoms with Crippen molar-refractivity contribution in [3.63, 3.8) is 0 Å². The van der Waals surface area contributed by atoms with Crippen molar-refractivity contribution < 1.29 is 0 Å². The highest BCUT2D eigenvalue weighted by Crippen LogP contribution is 2.23. The molecule has 0 aliphatic heterocycles. The van der Waals surface area contributed by atoms with E-state index in [4.69, 9.17) is 23.8 Å². The number of hydrogen-bond acceptors (Lipinski definition) is 3. The summed E-state index contributed by atoms with van der Waals surface area (Å²) in [5, 5.41) is 3.33. The van der Waals surface area contributed by atoms with E-state index in [9.17, 15) is 4.79 Å². The van der Waals surface area contributed by atoms with E-state index in [0.29, 0.717) is 20.9 Å². The molecule has 0 unspecified atom stereocenters. The number of halogens is 1. The van der Waals surface area contributed by atoms with Gasteiger partial charge in [-0.05, 0) is 60.8 Å². The average molecular weight is 349 g/mol. The standard InChI is InChI=1S/C16H13ClN2OS2/c1-2-3-4-10-9-22-14-13(10)15(20)19(16(21)18-14)12-7-5-11(17)6-8-12/h2-3,5-9H,4H2,1H3,(H,18,21)/b3-2-. The Morgan fingerprint density at radius 1 is 1.36 bits per heavy atom. The van der Waals surface area contributed by atoms with Gasteiger partial charge in [0.1, 0.15) is 4.83 Å². The van der Waals surface area contributed by atoms with Crippen LogP contribution in [0.1, 0.15) is 12.5 Å². The Morgan fingerprint density at radius 3 is 2.77 bits per heavy atom. The summed E-state index contributed by atoms with van der Waals surface area (Å²) in [6, 6.07) is 7.07. The molecule has 0 spiro atoms. The first-order valence-corrected chi connectivity index (χ1v) is 8.41. The minimum Gasteiger partial charge on any atom is -0.323 e. The molecule has 112 valence electrons. The van der Waals surface area contributed by atoms with Gasteiger partial charge in [-0.2, -0.15) is 0 Å². The van der Waals surface area contributed by atoms with Crippen LogP contribution in [0.15, 0.2) is 46.6 Å². The van der Waals surface area contributed by atoms with E-state index < -0.39 is 0 Å². The summed E-state index contributed by atoms with van der Waals surface area (Å²) in [4.78, 5) is 16.9. The first kappa shape index (κ1) is 15.2. The van der Waals surface area contributed by atoms with Gasteiger partial charge in [-0.15, -0.1) is 11.3 Å². The summed E-state index contributed by atoms with van der Waals surface area (Å²) in [6.07, 6.45) is 4.75. The van der Waals surface area contributed by atoms with Crippen LogP contribution in [0.5, 0.6) is 0 Å². The third kappa shape index (κ3) is 2.67. The molecule has 1 aromatic carbocycles. The summed E-state index contributed by atoms with van der Waals surface area (Å²) in [6.45, 7) is 1.97. The monoisotopic (exact) mass is 348 g/mol. The topological polar surface area (TPSA) is 37.8 Å². The second-order valence-corrected chi connectivity index (χ2v) is 6.49. The van der Waals surface area contributed by atoms with Gasteiger partial charge in [0.2, 0.25) is 0 Å². The number of hydrogen-bond donors (Lipinski definition) is 1. The van der Waals surface area contributed by atoms with Crippen molar-refractivity contribution in [1.29, 1.82) is 0 Å². The van der Waals surface area contributed by atoms with E-state index in [-0.39, 0.29) is 5.56 Å². The minimum atomic E-state index is -0.0955. The molecule has 0 aliphatic carbocycles. The molecule has 6 heteroatoms. The van der Waals surface area contributed by atoms with Crippen LogP contribution >= 0.6 is 35.2 Å². The van der Waals surface area contributed by atoms with Gasteiger partial charge < -0.3 is 4.98 Å². The summed E-state index contributed by atoms with van der Waals surface area (Å²) in [7, 11) is 0. The fraction of sp³-hybridized carbons (Fsp3) is 0.125. The maximum Gasteiger partial charge on any atom is 0.267 e. The van der Waals surface area contributed by atoms with Gasteiger partial charge in [0, 0.05) is 5.02 Å². The molecule has 0 fully saturated rings. The Labute approximate surface area is 141 Å². The van der Waals surface area contributed by atoms with Gasteiger partial charge in [0.05, 0.1) is 11.1 Å². The van der Waals surface area contributed by atoms with E-state index in [1.807, 2.05) is 24.5 Å². The normalized spacial score (nSPS) is 11.5. The average Bonchev–Trinajstić information content (AvgIpc) is 2.90. The number of fused-ring (bicyclic) bond motifs is 1. The lowest BCUT2D eigenvalue weighted by molar-refractivity contribution is 0.941. The van der Waals surface area contributed by atoms with Gasteiger partial charge in [-0.3, -0.25) is 9.36 Å². The van der Waals surface area contributed by atoms with Crippen LogP contribution in [0.4, 0.5) is 0 Å². The molecule has 1 N–H and O–H groups in total. The van der Waals surface area contributed by atoms with Crippen molar-refractivity contribution in [3.05, 3.63) is 67.5 Å². The Balaban J connectivity index is 2.29. The van der Waals surface area contributed by atoms with Gasteiger partial charge in [0.25, 0.3) is 5.56 Å². The molecule has 3 aromatic rings. The Bertz CT molecular complexity index is 964. The fourth-order valence-electron chi connectivity index (χ4n) is 2.30. The van der Waals surface area contributed by atoms with Crippen molar-refractivity contribution in [1.82, 2.24) is 9.55 Å². The second kappa shape index (κ2) is 6.20. The Kier molecular flexibility index (Phi) is 4.29. The van der Waals surface area contributed by atoms with Crippen LogP contribution in [-0.4, -0.2) is 9.55 Å². The second-order valence-electron chi connectivity index (χ2n) is 4.79. The molecule has 2 aromatic heterocycles. The molecule has 0 bridgehead atoms. The fourth-order valence-corrected chi connectivity index (χ4v) is 3.74. The number of H-pyrrole nitrogens is 1. The molecule has 0 saturated carbocycles. The molecule has 22 heavy (non-hydrogen) atoms. The summed E-state index contributed by atoms with van der Waals surface area (Å²) >= 11 is 12.8. The summed E-state index contributed by atoms with van der Waals surface area (Å²) in [5.74, 6) is 0. The van der Waals surface area contributed by atoms with Crippen molar-refractivity contribution in [3.8, 4) is 5.69 Å². The van der Waals surface area contributed by atoms with Crippen LogP contribution in [0.3, 0.4) is 0 Å². The lowest BCUT2D eigenvalue weighted by Gasteiger charge is -2.07. The predicted octanol–water partition coefficient (Wildman–Crippen LogP) is 4.88. The molecular formula is C16H13ClN2OS2. The lowest BCUT2D eigenvalue weighted by atomic mass is 10.1. The van der Waals surface area contributed by atoms with Gasteiger partial charge in [0.15, 0.2) is 4.77 Å². The van der Waals surface area contributed by atoms with Crippen LogP contribution in [0, 0.1) is 4.77 Å². The van der Waals surface area contributed by atoms with Crippen molar-refractivity contribution in [2.45, 2.75) is 13.3 Å². The first-order valence-electron chi connectivity index (χ1n) is 6.74. The zero-order valence-electron chi connectivity index (χ0n) is 11.8. The van der Waals surface area contributed by atoms with Gasteiger partial charge in [-0.25, -0.2) is 0 Å². The van der Waals surface area contributed by atoms with Gasteiger partial charge >= 0.3 is 0 Å². The quantitative estimate of drug-likeness (QED) is 0.541. The Morgan fingerprint density at radius 2 is 2.09 bits per heavy atom. The number of allylic oxidation sites excluding steroid dienone is 2.